The zero-order valence-electron chi connectivity index (χ0n) is 10.4. The molecular weight excluding hydrogens is 254 g/mol. The van der Waals surface area contributed by atoms with E-state index in [4.69, 9.17) is 9.84 Å². The van der Waals surface area contributed by atoms with Crippen molar-refractivity contribution in [3.63, 3.8) is 0 Å². The topological polar surface area (TPSA) is 75.6 Å². The molecule has 0 spiro atoms. The predicted molar refractivity (Wildman–Crippen MR) is 70.1 cm³/mol. The first-order valence-electron chi connectivity index (χ1n) is 5.78. The molecule has 0 aliphatic heterocycles. The number of methoxy groups -OCH3 is 1. The largest absolute Gasteiger partial charge is 0.508 e. The first-order chi connectivity index (χ1) is 8.53. The van der Waals surface area contributed by atoms with E-state index in [9.17, 15) is 8.42 Å². The highest BCUT2D eigenvalue weighted by atomic mass is 32.2. The summed E-state index contributed by atoms with van der Waals surface area (Å²) in [5, 5.41) is 9.11. The van der Waals surface area contributed by atoms with Gasteiger partial charge < -0.3 is 9.84 Å². The molecule has 102 valence electrons. The smallest absolute Gasteiger partial charge is 0.213 e. The van der Waals surface area contributed by atoms with Gasteiger partial charge in [-0.2, -0.15) is 0 Å². The van der Waals surface area contributed by atoms with Crippen molar-refractivity contribution in [1.82, 2.24) is 4.72 Å². The Labute approximate surface area is 108 Å². The number of phenolic OH excluding ortho intramolecular Hbond substituents is 1. The van der Waals surface area contributed by atoms with Crippen LogP contribution in [0.3, 0.4) is 0 Å². The number of sulfonamides is 1. The molecule has 18 heavy (non-hydrogen) atoms. The van der Waals surface area contributed by atoms with E-state index in [1.54, 1.807) is 12.1 Å². The Hall–Kier alpha value is -1.11. The van der Waals surface area contributed by atoms with E-state index in [-0.39, 0.29) is 18.1 Å². The molecule has 0 amide bonds. The highest BCUT2D eigenvalue weighted by Gasteiger charge is 2.08. The van der Waals surface area contributed by atoms with Crippen LogP contribution in [0.2, 0.25) is 0 Å². The molecule has 0 radical (unpaired) electrons. The predicted octanol–water partition coefficient (Wildman–Crippen LogP) is 0.891. The molecule has 1 aromatic rings. The average molecular weight is 273 g/mol. The van der Waals surface area contributed by atoms with Gasteiger partial charge in [0.15, 0.2) is 0 Å². The van der Waals surface area contributed by atoms with Gasteiger partial charge in [-0.05, 0) is 30.5 Å². The van der Waals surface area contributed by atoms with Crippen molar-refractivity contribution in [1.29, 1.82) is 0 Å². The Morgan fingerprint density at radius 3 is 2.56 bits per heavy atom. The van der Waals surface area contributed by atoms with Gasteiger partial charge in [0.05, 0.1) is 12.4 Å². The summed E-state index contributed by atoms with van der Waals surface area (Å²) in [6.45, 7) is 0.611. The van der Waals surface area contributed by atoms with Crippen molar-refractivity contribution in [3.8, 4) is 5.75 Å². The summed E-state index contributed by atoms with van der Waals surface area (Å²) in [6, 6.07) is 6.90. The number of rotatable bonds is 8. The second-order valence-electron chi connectivity index (χ2n) is 3.98. The number of aromatic hydroxyl groups is 1. The molecule has 1 rings (SSSR count). The molecular formula is C12H19NO4S. The molecule has 0 aliphatic rings. The molecule has 0 aromatic heterocycles. The van der Waals surface area contributed by atoms with Crippen molar-refractivity contribution >= 4 is 10.0 Å². The molecule has 0 aliphatic carbocycles. The van der Waals surface area contributed by atoms with Crippen LogP contribution < -0.4 is 4.72 Å². The molecule has 6 heteroatoms. The van der Waals surface area contributed by atoms with Gasteiger partial charge >= 0.3 is 0 Å². The maximum Gasteiger partial charge on any atom is 0.213 e. The van der Waals surface area contributed by atoms with E-state index in [2.05, 4.69) is 4.72 Å². The molecule has 0 atom stereocenters. The molecule has 0 saturated carbocycles. The summed E-state index contributed by atoms with van der Waals surface area (Å²) < 4.78 is 30.1. The van der Waals surface area contributed by atoms with Crippen molar-refractivity contribution in [2.75, 3.05) is 26.0 Å². The van der Waals surface area contributed by atoms with Crippen LogP contribution >= 0.6 is 0 Å². The number of hydrogen-bond acceptors (Lipinski definition) is 4. The van der Waals surface area contributed by atoms with Crippen molar-refractivity contribution < 1.29 is 18.3 Å². The summed E-state index contributed by atoms with van der Waals surface area (Å²) in [4.78, 5) is 0. The fourth-order valence-corrected chi connectivity index (χ4v) is 2.43. The highest BCUT2D eigenvalue weighted by molar-refractivity contribution is 7.89. The van der Waals surface area contributed by atoms with Crippen LogP contribution in [0, 0.1) is 0 Å². The molecule has 0 bridgehead atoms. The fraction of sp³-hybridized carbons (Fsp3) is 0.500. The Morgan fingerprint density at radius 2 is 1.94 bits per heavy atom. The number of hydrogen-bond donors (Lipinski definition) is 2. The number of aryl methyl sites for hydroxylation is 1. The molecule has 5 nitrogen and oxygen atoms in total. The lowest BCUT2D eigenvalue weighted by Gasteiger charge is -2.06. The van der Waals surface area contributed by atoms with Crippen LogP contribution in [0.25, 0.3) is 0 Å². The lowest BCUT2D eigenvalue weighted by molar-refractivity contribution is 0.217. The molecule has 0 unspecified atom stereocenters. The van der Waals surface area contributed by atoms with Gasteiger partial charge in [0, 0.05) is 13.7 Å². The minimum atomic E-state index is -3.22. The minimum absolute atomic E-state index is 0.0112. The Morgan fingerprint density at radius 1 is 1.28 bits per heavy atom. The minimum Gasteiger partial charge on any atom is -0.508 e. The zero-order chi connectivity index (χ0) is 13.4. The van der Waals surface area contributed by atoms with Gasteiger partial charge in [-0.15, -0.1) is 0 Å². The number of nitrogens with one attached hydrogen (secondary N) is 1. The van der Waals surface area contributed by atoms with E-state index in [1.807, 2.05) is 12.1 Å². The standard InChI is InChI=1S/C12H19NO4S/c1-17-9-10-18(15,16)13-8-2-3-11-4-6-12(14)7-5-11/h4-7,13-14H,2-3,8-10H2,1H3. The van der Waals surface area contributed by atoms with Gasteiger partial charge in [0.25, 0.3) is 0 Å². The molecule has 0 heterocycles. The summed E-state index contributed by atoms with van der Waals surface area (Å²) in [6.07, 6.45) is 1.49. The van der Waals surface area contributed by atoms with Crippen LogP contribution in [0.4, 0.5) is 0 Å². The normalized spacial score (nSPS) is 11.6. The van der Waals surface area contributed by atoms with E-state index >= 15 is 0 Å². The van der Waals surface area contributed by atoms with Gasteiger partial charge in [-0.1, -0.05) is 12.1 Å². The number of ether oxygens (including phenoxy) is 1. The molecule has 1 aromatic carbocycles. The number of phenols is 1. The van der Waals surface area contributed by atoms with Crippen LogP contribution in [0.1, 0.15) is 12.0 Å². The van der Waals surface area contributed by atoms with Crippen LogP contribution in [0.5, 0.6) is 5.75 Å². The Kier molecular flexibility index (Phi) is 6.11. The van der Waals surface area contributed by atoms with Crippen LogP contribution in [-0.2, 0) is 21.2 Å². The van der Waals surface area contributed by atoms with E-state index in [0.29, 0.717) is 6.54 Å². The van der Waals surface area contributed by atoms with E-state index in [1.165, 1.54) is 7.11 Å². The van der Waals surface area contributed by atoms with Crippen LogP contribution in [-0.4, -0.2) is 39.5 Å². The van der Waals surface area contributed by atoms with Gasteiger partial charge in [-0.3, -0.25) is 0 Å². The average Bonchev–Trinajstić information content (AvgIpc) is 2.34. The monoisotopic (exact) mass is 273 g/mol. The summed E-state index contributed by atoms with van der Waals surface area (Å²) >= 11 is 0. The quantitative estimate of drug-likeness (QED) is 0.690. The molecule has 2 N–H and O–H groups in total. The maximum absolute atomic E-state index is 11.4. The molecule has 0 saturated heterocycles. The lowest BCUT2D eigenvalue weighted by atomic mass is 10.1. The second-order valence-corrected chi connectivity index (χ2v) is 5.90. The zero-order valence-corrected chi connectivity index (χ0v) is 11.2. The third-order valence-electron chi connectivity index (χ3n) is 2.46. The Bertz CT molecular complexity index is 442. The molecule has 0 fully saturated rings. The first kappa shape index (κ1) is 14.9. The van der Waals surface area contributed by atoms with Gasteiger partial charge in [0.1, 0.15) is 5.75 Å². The lowest BCUT2D eigenvalue weighted by Crippen LogP contribution is -2.29. The summed E-state index contributed by atoms with van der Waals surface area (Å²) in [7, 11) is -1.75. The van der Waals surface area contributed by atoms with Crippen molar-refractivity contribution in [2.45, 2.75) is 12.8 Å². The maximum atomic E-state index is 11.4. The second kappa shape index (κ2) is 7.35. The van der Waals surface area contributed by atoms with Gasteiger partial charge in [0.2, 0.25) is 10.0 Å². The SMILES string of the molecule is COCCS(=O)(=O)NCCCc1ccc(O)cc1. The van der Waals surface area contributed by atoms with Crippen molar-refractivity contribution in [2.24, 2.45) is 0 Å². The van der Waals surface area contributed by atoms with Gasteiger partial charge in [-0.25, -0.2) is 13.1 Å². The first-order valence-corrected chi connectivity index (χ1v) is 7.43. The summed E-state index contributed by atoms with van der Waals surface area (Å²) in [5.41, 5.74) is 1.07. The van der Waals surface area contributed by atoms with E-state index in [0.717, 1.165) is 18.4 Å². The Balaban J connectivity index is 2.24. The summed E-state index contributed by atoms with van der Waals surface area (Å²) in [5.74, 6) is 0.224. The highest BCUT2D eigenvalue weighted by Crippen LogP contribution is 2.10. The number of benzene rings is 1. The third kappa shape index (κ3) is 6.00. The van der Waals surface area contributed by atoms with Crippen LogP contribution in [0.15, 0.2) is 24.3 Å². The third-order valence-corrected chi connectivity index (χ3v) is 3.80. The van der Waals surface area contributed by atoms with E-state index < -0.39 is 10.0 Å². The fourth-order valence-electron chi connectivity index (χ4n) is 1.45. The van der Waals surface area contributed by atoms with Crippen molar-refractivity contribution in [3.05, 3.63) is 29.8 Å².